The summed E-state index contributed by atoms with van der Waals surface area (Å²) in [5.74, 6) is -0.681. The molecule has 8 nitrogen and oxygen atoms in total. The van der Waals surface area contributed by atoms with Gasteiger partial charge in [0.25, 0.3) is 5.78 Å². The number of nitrogen functional groups attached to an aromatic ring is 1. The van der Waals surface area contributed by atoms with Crippen molar-refractivity contribution in [3.8, 4) is 28.6 Å². The number of benzene rings is 2. The number of anilines is 1. The molecule has 164 valence electrons. The molecular weight excluding hydrogens is 440 g/mol. The van der Waals surface area contributed by atoms with Crippen LogP contribution in [0, 0.1) is 6.92 Å². The molecule has 0 radical (unpaired) electrons. The number of nitrogens with two attached hydrogens (primary N) is 1. The van der Waals surface area contributed by atoms with Gasteiger partial charge >= 0.3 is 5.69 Å². The van der Waals surface area contributed by atoms with Crippen LogP contribution < -0.4 is 20.3 Å². The zero-order valence-electron chi connectivity index (χ0n) is 17.7. The molecule has 0 unspecified atom stereocenters. The standard InChI is InChI=1S/C24H18N4O4S/c1-13-6-8-15(9-7-13)28-20(24(30)32-27-28)21(29)22-19(25)17-10-11-18(26-23(17)33-22)14-4-3-5-16(12-14)31-2/h3-12H,1-2H3,(H2-,25,27,29,30). The van der Waals surface area contributed by atoms with Gasteiger partial charge < -0.3 is 20.1 Å². The maximum absolute atomic E-state index is 13.4. The van der Waals surface area contributed by atoms with Crippen LogP contribution in [0.25, 0.3) is 27.2 Å². The molecule has 0 spiro atoms. The van der Waals surface area contributed by atoms with Gasteiger partial charge in [-0.25, -0.2) is 4.98 Å². The summed E-state index contributed by atoms with van der Waals surface area (Å²) in [5.41, 5.74) is 9.50. The van der Waals surface area contributed by atoms with Crippen molar-refractivity contribution in [2.24, 2.45) is 0 Å². The van der Waals surface area contributed by atoms with E-state index in [-0.39, 0.29) is 16.3 Å². The van der Waals surface area contributed by atoms with Crippen LogP contribution in [0.5, 0.6) is 11.7 Å². The summed E-state index contributed by atoms with van der Waals surface area (Å²) in [5, 5.41) is 16.8. The first-order valence-electron chi connectivity index (χ1n) is 10.0. The smallest absolute Gasteiger partial charge is 0.312 e. The van der Waals surface area contributed by atoms with Crippen molar-refractivity contribution in [2.75, 3.05) is 12.8 Å². The van der Waals surface area contributed by atoms with Crippen molar-refractivity contribution in [1.29, 1.82) is 0 Å². The van der Waals surface area contributed by atoms with E-state index < -0.39 is 11.7 Å². The monoisotopic (exact) mass is 458 g/mol. The Bertz CT molecular complexity index is 1510. The molecule has 0 amide bonds. The Morgan fingerprint density at radius 1 is 1.15 bits per heavy atom. The van der Waals surface area contributed by atoms with Gasteiger partial charge in [0.2, 0.25) is 5.69 Å². The van der Waals surface area contributed by atoms with Gasteiger partial charge in [0.15, 0.2) is 5.95 Å². The highest BCUT2D eigenvalue weighted by molar-refractivity contribution is 7.21. The fourth-order valence-electron chi connectivity index (χ4n) is 3.52. The zero-order chi connectivity index (χ0) is 23.1. The second-order valence-corrected chi connectivity index (χ2v) is 8.41. The maximum Gasteiger partial charge on any atom is 0.312 e. The minimum absolute atomic E-state index is 0.210. The first kappa shape index (κ1) is 20.7. The second-order valence-electron chi connectivity index (χ2n) is 7.41. The molecule has 0 atom stereocenters. The summed E-state index contributed by atoms with van der Waals surface area (Å²) in [6, 6.07) is 18.4. The number of nitrogens with zero attached hydrogens (tertiary/aromatic N) is 3. The lowest BCUT2D eigenvalue weighted by atomic mass is 10.1. The molecule has 0 fully saturated rings. The van der Waals surface area contributed by atoms with Crippen LogP contribution in [-0.2, 0) is 0 Å². The summed E-state index contributed by atoms with van der Waals surface area (Å²) in [6.07, 6.45) is 0. The Hall–Kier alpha value is -4.24. The summed E-state index contributed by atoms with van der Waals surface area (Å²) in [7, 11) is 1.60. The van der Waals surface area contributed by atoms with Gasteiger partial charge in [0, 0.05) is 23.1 Å². The zero-order valence-corrected chi connectivity index (χ0v) is 18.6. The predicted octanol–water partition coefficient (Wildman–Crippen LogP) is 3.43. The fraction of sp³-hybridized carbons (Fsp3) is 0.0833. The predicted molar refractivity (Wildman–Crippen MR) is 122 cm³/mol. The van der Waals surface area contributed by atoms with Crippen LogP contribution in [0.2, 0.25) is 0 Å². The number of hydrogen-bond acceptors (Lipinski definition) is 8. The van der Waals surface area contributed by atoms with Gasteiger partial charge in [0.05, 0.1) is 23.8 Å². The number of ether oxygens (including phenoxy) is 1. The van der Waals surface area contributed by atoms with Crippen LogP contribution in [0.1, 0.15) is 20.9 Å². The van der Waals surface area contributed by atoms with E-state index in [1.807, 2.05) is 55.5 Å². The fourth-order valence-corrected chi connectivity index (χ4v) is 4.55. The van der Waals surface area contributed by atoms with Crippen LogP contribution in [0.3, 0.4) is 0 Å². The Kier molecular flexibility index (Phi) is 5.02. The molecule has 0 saturated heterocycles. The Morgan fingerprint density at radius 2 is 1.94 bits per heavy atom. The van der Waals surface area contributed by atoms with Gasteiger partial charge in [-0.15, -0.1) is 11.3 Å². The highest BCUT2D eigenvalue weighted by Crippen LogP contribution is 2.36. The number of fused-ring (bicyclic) bond motifs is 1. The minimum atomic E-state index is -0.831. The summed E-state index contributed by atoms with van der Waals surface area (Å²) < 4.78 is 11.3. The lowest BCUT2D eigenvalue weighted by Gasteiger charge is -2.04. The van der Waals surface area contributed by atoms with E-state index in [0.717, 1.165) is 22.5 Å². The molecule has 0 aliphatic carbocycles. The first-order valence-corrected chi connectivity index (χ1v) is 10.8. The lowest BCUT2D eigenvalue weighted by molar-refractivity contribution is -0.672. The summed E-state index contributed by atoms with van der Waals surface area (Å²) in [4.78, 5) is 18.9. The Balaban J connectivity index is 1.58. The van der Waals surface area contributed by atoms with Gasteiger partial charge in [-0.05, 0) is 35.9 Å². The third-order valence-electron chi connectivity index (χ3n) is 5.27. The van der Waals surface area contributed by atoms with E-state index in [2.05, 4.69) is 10.3 Å². The average molecular weight is 458 g/mol. The van der Waals surface area contributed by atoms with Gasteiger partial charge in [-0.2, -0.15) is 0 Å². The molecular formula is C24H18N4O4S. The first-order chi connectivity index (χ1) is 16.0. The quantitative estimate of drug-likeness (QED) is 0.317. The van der Waals surface area contributed by atoms with Crippen molar-refractivity contribution in [2.45, 2.75) is 6.92 Å². The van der Waals surface area contributed by atoms with Crippen LogP contribution in [0.15, 0.2) is 65.2 Å². The molecule has 0 aliphatic heterocycles. The molecule has 33 heavy (non-hydrogen) atoms. The van der Waals surface area contributed by atoms with Crippen LogP contribution >= 0.6 is 11.3 Å². The number of ketones is 1. The third-order valence-corrected chi connectivity index (χ3v) is 6.38. The van der Waals surface area contributed by atoms with Gasteiger partial charge in [-0.3, -0.25) is 4.79 Å². The van der Waals surface area contributed by atoms with E-state index >= 15 is 0 Å². The largest absolute Gasteiger partial charge is 0.539 e. The highest BCUT2D eigenvalue weighted by Gasteiger charge is 2.32. The summed E-state index contributed by atoms with van der Waals surface area (Å²) in [6.45, 7) is 1.94. The molecule has 5 rings (SSSR count). The number of methoxy groups -OCH3 is 1. The Morgan fingerprint density at radius 3 is 2.70 bits per heavy atom. The molecule has 0 saturated carbocycles. The number of aryl methyl sites for hydroxylation is 1. The molecule has 2 aromatic carbocycles. The van der Waals surface area contributed by atoms with E-state index in [1.165, 1.54) is 4.68 Å². The number of carbonyl (C=O) groups excluding carboxylic acids is 1. The molecule has 0 aliphatic rings. The third kappa shape index (κ3) is 3.58. The number of thiophene rings is 1. The number of carbonyl (C=O) groups is 1. The van der Waals surface area contributed by atoms with Gasteiger partial charge in [0.1, 0.15) is 15.5 Å². The molecule has 5 aromatic rings. The molecule has 3 aromatic heterocycles. The van der Waals surface area contributed by atoms with E-state index in [9.17, 15) is 9.90 Å². The van der Waals surface area contributed by atoms with E-state index in [4.69, 9.17) is 15.0 Å². The number of rotatable bonds is 5. The van der Waals surface area contributed by atoms with Crippen molar-refractivity contribution in [1.82, 2.24) is 10.3 Å². The van der Waals surface area contributed by atoms with E-state index in [1.54, 1.807) is 19.2 Å². The maximum atomic E-state index is 13.4. The van der Waals surface area contributed by atoms with Gasteiger partial charge in [-0.1, -0.05) is 29.8 Å². The van der Waals surface area contributed by atoms with Crippen LogP contribution in [0.4, 0.5) is 5.69 Å². The minimum Gasteiger partial charge on any atom is -0.539 e. The molecule has 0 bridgehead atoms. The average Bonchev–Trinajstić information content (AvgIpc) is 3.38. The number of hydrogen-bond donors (Lipinski definition) is 1. The highest BCUT2D eigenvalue weighted by atomic mass is 32.1. The molecule has 3 heterocycles. The van der Waals surface area contributed by atoms with Crippen molar-refractivity contribution >= 4 is 33.0 Å². The lowest BCUT2D eigenvalue weighted by Crippen LogP contribution is -2.39. The Labute approximate surface area is 192 Å². The topological polar surface area (TPSA) is 118 Å². The van der Waals surface area contributed by atoms with Crippen molar-refractivity contribution < 1.29 is 23.8 Å². The molecule has 9 heteroatoms. The van der Waals surface area contributed by atoms with Crippen molar-refractivity contribution in [3.05, 3.63) is 76.8 Å². The summed E-state index contributed by atoms with van der Waals surface area (Å²) >= 11 is 1.13. The normalized spacial score (nSPS) is 11.1. The molecule has 2 N–H and O–H groups in total. The second kappa shape index (κ2) is 8.03. The van der Waals surface area contributed by atoms with Crippen molar-refractivity contribution in [3.63, 3.8) is 0 Å². The SMILES string of the molecule is COc1cccc(-c2ccc3c(N)c(C(=O)c4c([O-])on[n+]4-c4ccc(C)cc4)sc3n2)c1. The van der Waals surface area contributed by atoms with E-state index in [0.29, 0.717) is 27.3 Å². The number of pyridine rings is 1. The number of aromatic nitrogens is 3. The van der Waals surface area contributed by atoms with Crippen LogP contribution in [-0.4, -0.2) is 23.1 Å².